The highest BCUT2D eigenvalue weighted by Gasteiger charge is 2.21. The van der Waals surface area contributed by atoms with Crippen molar-refractivity contribution in [3.8, 4) is 5.75 Å². The van der Waals surface area contributed by atoms with E-state index in [1.54, 1.807) is 25.3 Å². The largest absolute Gasteiger partial charge is 0.496 e. The minimum Gasteiger partial charge on any atom is -0.496 e. The van der Waals surface area contributed by atoms with E-state index in [9.17, 15) is 8.42 Å². The summed E-state index contributed by atoms with van der Waals surface area (Å²) in [6, 6.07) is 10.8. The van der Waals surface area contributed by atoms with Gasteiger partial charge in [0.15, 0.2) is 0 Å². The van der Waals surface area contributed by atoms with Crippen molar-refractivity contribution in [1.29, 1.82) is 0 Å². The number of rotatable bonds is 6. The third-order valence-corrected chi connectivity index (χ3v) is 5.91. The molecule has 0 saturated heterocycles. The van der Waals surface area contributed by atoms with Gasteiger partial charge in [0.2, 0.25) is 10.0 Å². The SMILES string of the molecule is COc1ccc(S(=O)(=O)NC(C)c2cc(C)ccc2C)cc1C(C)C. The van der Waals surface area contributed by atoms with Crippen molar-refractivity contribution in [3.05, 3.63) is 58.7 Å². The summed E-state index contributed by atoms with van der Waals surface area (Å²) in [5.41, 5.74) is 4.04. The van der Waals surface area contributed by atoms with Gasteiger partial charge in [-0.3, -0.25) is 0 Å². The molecule has 5 heteroatoms. The average Bonchev–Trinajstić information content (AvgIpc) is 2.55. The van der Waals surface area contributed by atoms with Gasteiger partial charge in [0.25, 0.3) is 0 Å². The lowest BCUT2D eigenvalue weighted by molar-refractivity contribution is 0.407. The first kappa shape index (κ1) is 19.5. The molecule has 0 fully saturated rings. The van der Waals surface area contributed by atoms with Crippen LogP contribution in [0.4, 0.5) is 0 Å². The smallest absolute Gasteiger partial charge is 0.241 e. The van der Waals surface area contributed by atoms with Gasteiger partial charge in [-0.15, -0.1) is 0 Å². The molecule has 1 atom stereocenters. The second kappa shape index (κ2) is 7.58. The molecule has 0 spiro atoms. The summed E-state index contributed by atoms with van der Waals surface area (Å²) in [6.07, 6.45) is 0. The summed E-state index contributed by atoms with van der Waals surface area (Å²) in [6.45, 7) is 9.89. The van der Waals surface area contributed by atoms with Crippen molar-refractivity contribution in [2.75, 3.05) is 7.11 Å². The van der Waals surface area contributed by atoms with Crippen LogP contribution in [0, 0.1) is 13.8 Å². The van der Waals surface area contributed by atoms with Crippen molar-refractivity contribution in [1.82, 2.24) is 4.72 Å². The van der Waals surface area contributed by atoms with Gasteiger partial charge in [0.1, 0.15) is 5.75 Å². The Hall–Kier alpha value is -1.85. The first-order valence-corrected chi connectivity index (χ1v) is 9.91. The molecule has 0 amide bonds. The zero-order chi connectivity index (χ0) is 18.8. The Bertz CT molecular complexity index is 857. The van der Waals surface area contributed by atoms with E-state index in [1.165, 1.54) is 0 Å². The summed E-state index contributed by atoms with van der Waals surface area (Å²) in [5, 5.41) is 0. The number of hydrogen-bond donors (Lipinski definition) is 1. The van der Waals surface area contributed by atoms with E-state index < -0.39 is 10.0 Å². The van der Waals surface area contributed by atoms with E-state index in [1.807, 2.05) is 52.8 Å². The van der Waals surface area contributed by atoms with E-state index in [0.717, 1.165) is 22.3 Å². The molecule has 0 bridgehead atoms. The summed E-state index contributed by atoms with van der Waals surface area (Å²) < 4.78 is 33.8. The number of methoxy groups -OCH3 is 1. The molecule has 0 radical (unpaired) electrons. The first-order chi connectivity index (χ1) is 11.7. The van der Waals surface area contributed by atoms with Gasteiger partial charge in [-0.2, -0.15) is 0 Å². The highest BCUT2D eigenvalue weighted by atomic mass is 32.2. The van der Waals surface area contributed by atoms with Gasteiger partial charge >= 0.3 is 0 Å². The third kappa shape index (κ3) is 4.41. The molecule has 2 rings (SSSR count). The van der Waals surface area contributed by atoms with Gasteiger partial charge in [-0.1, -0.05) is 37.6 Å². The number of hydrogen-bond acceptors (Lipinski definition) is 3. The Morgan fingerprint density at radius 2 is 1.64 bits per heavy atom. The van der Waals surface area contributed by atoms with Crippen LogP contribution in [0.3, 0.4) is 0 Å². The molecule has 0 saturated carbocycles. The molecule has 1 N–H and O–H groups in total. The zero-order valence-electron chi connectivity index (χ0n) is 15.8. The van der Waals surface area contributed by atoms with E-state index >= 15 is 0 Å². The first-order valence-electron chi connectivity index (χ1n) is 8.43. The molecular formula is C20H27NO3S. The lowest BCUT2D eigenvalue weighted by Gasteiger charge is -2.19. The average molecular weight is 362 g/mol. The molecule has 0 aromatic heterocycles. The maximum absolute atomic E-state index is 12.8. The van der Waals surface area contributed by atoms with E-state index in [4.69, 9.17) is 4.74 Å². The normalized spacial score (nSPS) is 13.1. The van der Waals surface area contributed by atoms with Crippen LogP contribution in [0.1, 0.15) is 55.0 Å². The van der Waals surface area contributed by atoms with E-state index in [0.29, 0.717) is 5.75 Å². The predicted molar refractivity (Wildman–Crippen MR) is 102 cm³/mol. The van der Waals surface area contributed by atoms with Crippen molar-refractivity contribution in [2.45, 2.75) is 51.5 Å². The Balaban J connectivity index is 2.36. The van der Waals surface area contributed by atoms with E-state index in [2.05, 4.69) is 4.72 Å². The number of nitrogens with one attached hydrogen (secondary N) is 1. The molecule has 136 valence electrons. The van der Waals surface area contributed by atoms with Crippen LogP contribution < -0.4 is 9.46 Å². The van der Waals surface area contributed by atoms with Crippen LogP contribution in [0.2, 0.25) is 0 Å². The molecule has 0 aliphatic heterocycles. The minimum atomic E-state index is -3.62. The third-order valence-electron chi connectivity index (χ3n) is 4.37. The van der Waals surface area contributed by atoms with Crippen LogP contribution in [0.15, 0.2) is 41.3 Å². The van der Waals surface area contributed by atoms with Gasteiger partial charge in [0, 0.05) is 6.04 Å². The van der Waals surface area contributed by atoms with Crippen LogP contribution in [0.5, 0.6) is 5.75 Å². The van der Waals surface area contributed by atoms with E-state index in [-0.39, 0.29) is 16.9 Å². The Morgan fingerprint density at radius 3 is 2.24 bits per heavy atom. The lowest BCUT2D eigenvalue weighted by atomic mass is 10.0. The van der Waals surface area contributed by atoms with Gasteiger partial charge in [0.05, 0.1) is 12.0 Å². The van der Waals surface area contributed by atoms with Gasteiger partial charge < -0.3 is 4.74 Å². The topological polar surface area (TPSA) is 55.4 Å². The molecule has 2 aromatic rings. The Labute approximate surface area is 151 Å². The van der Waals surface area contributed by atoms with Crippen LogP contribution in [-0.4, -0.2) is 15.5 Å². The standard InChI is InChI=1S/C20H27NO3S/c1-13(2)18-12-17(9-10-20(18)24-6)25(22,23)21-16(5)19-11-14(3)7-8-15(19)4/h7-13,16,21H,1-6H3. The van der Waals surface area contributed by atoms with Crippen molar-refractivity contribution >= 4 is 10.0 Å². The zero-order valence-corrected chi connectivity index (χ0v) is 16.6. The molecule has 25 heavy (non-hydrogen) atoms. The molecule has 0 heterocycles. The molecule has 1 unspecified atom stereocenters. The number of sulfonamides is 1. The molecule has 0 aliphatic carbocycles. The Morgan fingerprint density at radius 1 is 0.960 bits per heavy atom. The summed E-state index contributed by atoms with van der Waals surface area (Å²) in [5.74, 6) is 0.873. The maximum atomic E-state index is 12.8. The summed E-state index contributed by atoms with van der Waals surface area (Å²) in [7, 11) is -2.03. The molecular weight excluding hydrogens is 334 g/mol. The van der Waals surface area contributed by atoms with Crippen molar-refractivity contribution in [3.63, 3.8) is 0 Å². The number of aryl methyl sites for hydroxylation is 2. The highest BCUT2D eigenvalue weighted by molar-refractivity contribution is 7.89. The fourth-order valence-corrected chi connectivity index (χ4v) is 4.18. The molecule has 0 aliphatic rings. The lowest BCUT2D eigenvalue weighted by Crippen LogP contribution is -2.27. The monoisotopic (exact) mass is 361 g/mol. The molecule has 2 aromatic carbocycles. The molecule has 4 nitrogen and oxygen atoms in total. The minimum absolute atomic E-state index is 0.168. The van der Waals surface area contributed by atoms with Gasteiger partial charge in [-0.05, 0) is 61.6 Å². The van der Waals surface area contributed by atoms with Crippen LogP contribution in [-0.2, 0) is 10.0 Å². The second-order valence-electron chi connectivity index (χ2n) is 6.76. The van der Waals surface area contributed by atoms with Crippen LogP contribution >= 0.6 is 0 Å². The fraction of sp³-hybridized carbons (Fsp3) is 0.400. The number of benzene rings is 2. The quantitative estimate of drug-likeness (QED) is 0.825. The van der Waals surface area contributed by atoms with Gasteiger partial charge in [-0.25, -0.2) is 13.1 Å². The fourth-order valence-electron chi connectivity index (χ4n) is 2.92. The highest BCUT2D eigenvalue weighted by Crippen LogP contribution is 2.29. The predicted octanol–water partition coefficient (Wildman–Crippen LogP) is 4.47. The van der Waals surface area contributed by atoms with Crippen molar-refractivity contribution in [2.24, 2.45) is 0 Å². The Kier molecular flexibility index (Phi) is 5.91. The van der Waals surface area contributed by atoms with Crippen LogP contribution in [0.25, 0.3) is 0 Å². The maximum Gasteiger partial charge on any atom is 0.241 e. The number of ether oxygens (including phenoxy) is 1. The van der Waals surface area contributed by atoms with Crippen molar-refractivity contribution < 1.29 is 13.2 Å². The summed E-state index contributed by atoms with van der Waals surface area (Å²) in [4.78, 5) is 0.258. The summed E-state index contributed by atoms with van der Waals surface area (Å²) >= 11 is 0. The second-order valence-corrected chi connectivity index (χ2v) is 8.48.